The minimum atomic E-state index is 0.224. The van der Waals surface area contributed by atoms with Gasteiger partial charge in [-0.05, 0) is 119 Å². The topological polar surface area (TPSA) is 12.9 Å². The average Bonchev–Trinajstić information content (AvgIpc) is 2.81. The molecular formula is C31H35N. The van der Waals surface area contributed by atoms with Gasteiger partial charge < -0.3 is 0 Å². The Morgan fingerprint density at radius 2 is 1.31 bits per heavy atom. The normalized spacial score (nSPS) is 30.9. The van der Waals surface area contributed by atoms with Crippen LogP contribution >= 0.6 is 0 Å². The Hall–Kier alpha value is -2.15. The van der Waals surface area contributed by atoms with Crippen molar-refractivity contribution in [1.29, 1.82) is 0 Å². The van der Waals surface area contributed by atoms with Crippen molar-refractivity contribution in [3.8, 4) is 11.3 Å². The number of fused-ring (bicyclic) bond motifs is 2. The summed E-state index contributed by atoms with van der Waals surface area (Å²) >= 11 is 0. The fraction of sp³-hybridized carbons (Fsp3) is 0.516. The third kappa shape index (κ3) is 2.72. The highest BCUT2D eigenvalue weighted by molar-refractivity contribution is 5.87. The van der Waals surface area contributed by atoms with Crippen LogP contribution in [0.1, 0.15) is 100 Å². The summed E-state index contributed by atoms with van der Waals surface area (Å²) in [4.78, 5) is 4.97. The molecule has 0 spiro atoms. The molecule has 32 heavy (non-hydrogen) atoms. The Bertz CT molecular complexity index is 1250. The first-order valence-electron chi connectivity index (χ1n) is 12.9. The van der Waals surface area contributed by atoms with Gasteiger partial charge in [-0.15, -0.1) is 0 Å². The van der Waals surface area contributed by atoms with E-state index in [1.165, 1.54) is 66.0 Å². The molecule has 5 aliphatic carbocycles. The summed E-state index contributed by atoms with van der Waals surface area (Å²) in [5.74, 6) is 3.54. The second-order valence-electron chi connectivity index (χ2n) is 12.9. The highest BCUT2D eigenvalue weighted by Gasteiger charge is 2.43. The molecule has 2 aromatic carbocycles. The Morgan fingerprint density at radius 3 is 2.00 bits per heavy atom. The first kappa shape index (κ1) is 19.3. The van der Waals surface area contributed by atoms with E-state index in [1.807, 2.05) is 0 Å². The third-order valence-electron chi connectivity index (χ3n) is 9.60. The molecule has 3 aromatic rings. The maximum Gasteiger partial charge on any atom is 0.0708 e. The van der Waals surface area contributed by atoms with Gasteiger partial charge in [-0.1, -0.05) is 45.9 Å². The van der Waals surface area contributed by atoms with Crippen molar-refractivity contribution in [2.24, 2.45) is 11.8 Å². The maximum atomic E-state index is 4.97. The van der Waals surface area contributed by atoms with Gasteiger partial charge >= 0.3 is 0 Å². The minimum absolute atomic E-state index is 0.224. The van der Waals surface area contributed by atoms with Crippen molar-refractivity contribution in [1.82, 2.24) is 4.98 Å². The summed E-state index contributed by atoms with van der Waals surface area (Å²) in [5, 5.41) is 2.71. The number of pyridine rings is 1. The monoisotopic (exact) mass is 421 g/mol. The van der Waals surface area contributed by atoms with Gasteiger partial charge in [-0.2, -0.15) is 0 Å². The van der Waals surface area contributed by atoms with Gasteiger partial charge in [-0.3, -0.25) is 4.98 Å². The van der Waals surface area contributed by atoms with Crippen molar-refractivity contribution >= 4 is 10.8 Å². The van der Waals surface area contributed by atoms with E-state index >= 15 is 0 Å². The van der Waals surface area contributed by atoms with Crippen LogP contribution in [0.3, 0.4) is 0 Å². The van der Waals surface area contributed by atoms with Crippen LogP contribution < -0.4 is 0 Å². The van der Waals surface area contributed by atoms with Gasteiger partial charge in [0.05, 0.1) is 5.69 Å². The summed E-state index contributed by atoms with van der Waals surface area (Å²) in [6.07, 6.45) is 10.6. The van der Waals surface area contributed by atoms with E-state index in [0.717, 1.165) is 29.4 Å². The molecule has 8 rings (SSSR count). The fourth-order valence-electron chi connectivity index (χ4n) is 8.60. The van der Waals surface area contributed by atoms with Crippen LogP contribution in [0.25, 0.3) is 22.0 Å². The maximum absolute atomic E-state index is 4.97. The molecule has 2 unspecified atom stereocenters. The highest BCUT2D eigenvalue weighted by atomic mass is 14.7. The number of rotatable bonds is 1. The van der Waals surface area contributed by atoms with Crippen LogP contribution in [0.2, 0.25) is 0 Å². The van der Waals surface area contributed by atoms with Crippen LogP contribution in [0.5, 0.6) is 0 Å². The van der Waals surface area contributed by atoms with Crippen LogP contribution in [0.15, 0.2) is 42.6 Å². The molecule has 4 bridgehead atoms. The van der Waals surface area contributed by atoms with Crippen molar-refractivity contribution in [2.75, 3.05) is 0 Å². The number of nitrogens with zero attached hydrogens (tertiary/aromatic N) is 1. The van der Waals surface area contributed by atoms with E-state index in [-0.39, 0.29) is 10.8 Å². The third-order valence-corrected chi connectivity index (χ3v) is 9.60. The zero-order chi connectivity index (χ0) is 21.8. The number of benzene rings is 2. The summed E-state index contributed by atoms with van der Waals surface area (Å²) in [5.41, 5.74) is 9.25. The van der Waals surface area contributed by atoms with E-state index in [0.29, 0.717) is 0 Å². The van der Waals surface area contributed by atoms with Crippen LogP contribution in [-0.2, 0) is 10.8 Å². The molecule has 0 saturated heterocycles. The molecule has 0 aliphatic heterocycles. The molecule has 0 radical (unpaired) electrons. The van der Waals surface area contributed by atoms with Crippen LogP contribution in [0.4, 0.5) is 0 Å². The van der Waals surface area contributed by atoms with Crippen molar-refractivity contribution < 1.29 is 0 Å². The quantitative estimate of drug-likeness (QED) is 0.385. The summed E-state index contributed by atoms with van der Waals surface area (Å²) < 4.78 is 0. The molecule has 1 nitrogen and oxygen atoms in total. The first-order chi connectivity index (χ1) is 15.3. The Kier molecular flexibility index (Phi) is 3.77. The van der Waals surface area contributed by atoms with E-state index in [1.54, 1.807) is 11.1 Å². The number of aromatic nitrogens is 1. The lowest BCUT2D eigenvalue weighted by atomic mass is 9.67. The Balaban J connectivity index is 1.34. The van der Waals surface area contributed by atoms with Crippen molar-refractivity contribution in [3.05, 3.63) is 64.8 Å². The molecule has 1 aromatic heterocycles. The van der Waals surface area contributed by atoms with Crippen LogP contribution in [-0.4, -0.2) is 4.98 Å². The van der Waals surface area contributed by atoms with E-state index in [4.69, 9.17) is 4.98 Å². The second-order valence-corrected chi connectivity index (χ2v) is 12.9. The van der Waals surface area contributed by atoms with Crippen LogP contribution in [0, 0.1) is 11.8 Å². The predicted molar refractivity (Wildman–Crippen MR) is 133 cm³/mol. The molecule has 0 N–H and O–H groups in total. The Labute approximate surface area is 192 Å². The minimum Gasteiger partial charge on any atom is -0.256 e. The molecule has 164 valence electrons. The summed E-state index contributed by atoms with van der Waals surface area (Å²) in [6, 6.07) is 14.5. The van der Waals surface area contributed by atoms with Gasteiger partial charge in [0.15, 0.2) is 0 Å². The van der Waals surface area contributed by atoms with Gasteiger partial charge in [0.2, 0.25) is 0 Å². The summed E-state index contributed by atoms with van der Waals surface area (Å²) in [6.45, 7) is 9.58. The fourth-order valence-corrected chi connectivity index (χ4v) is 8.60. The number of hydrogen-bond acceptors (Lipinski definition) is 1. The SMILES string of the molecule is CC1(C)CC(C)(C)c2cc(-c3cc4cc5c(cc4cn3)C3CC4CC(C3)CC5C4)ccc21. The highest BCUT2D eigenvalue weighted by Crippen LogP contribution is 2.56. The van der Waals surface area contributed by atoms with Gasteiger partial charge in [0.25, 0.3) is 0 Å². The van der Waals surface area contributed by atoms with Gasteiger partial charge in [-0.25, -0.2) is 0 Å². The summed E-state index contributed by atoms with van der Waals surface area (Å²) in [7, 11) is 0. The second kappa shape index (κ2) is 6.25. The molecular weight excluding hydrogens is 386 g/mol. The predicted octanol–water partition coefficient (Wildman–Crippen LogP) is 8.25. The molecule has 1 heterocycles. The molecule has 1 heteroatoms. The Morgan fingerprint density at radius 1 is 0.688 bits per heavy atom. The standard InChI is InChI=1S/C31H35N/c1-30(2)17-31(3,4)28-14-20(5-6-27(28)30)29-15-21-12-25-22-8-18-7-19(9-22)11-23(10-18)26(25)13-24(21)16-32-29/h5-6,12-16,18-19,22-23H,7-11,17H2,1-4H3. The van der Waals surface area contributed by atoms with E-state index < -0.39 is 0 Å². The van der Waals surface area contributed by atoms with E-state index in [2.05, 4.69) is 70.3 Å². The average molecular weight is 422 g/mol. The first-order valence-corrected chi connectivity index (χ1v) is 12.9. The lowest BCUT2D eigenvalue weighted by Gasteiger charge is -2.38. The lowest BCUT2D eigenvalue weighted by Crippen LogP contribution is -2.25. The van der Waals surface area contributed by atoms with Crippen molar-refractivity contribution in [2.45, 2.75) is 88.9 Å². The van der Waals surface area contributed by atoms with Gasteiger partial charge in [0.1, 0.15) is 0 Å². The lowest BCUT2D eigenvalue weighted by molar-refractivity contribution is 0.166. The zero-order valence-corrected chi connectivity index (χ0v) is 20.0. The number of hydrogen-bond donors (Lipinski definition) is 0. The molecule has 2 saturated carbocycles. The molecule has 2 atom stereocenters. The van der Waals surface area contributed by atoms with Crippen molar-refractivity contribution in [3.63, 3.8) is 0 Å². The van der Waals surface area contributed by atoms with Gasteiger partial charge in [0, 0.05) is 17.1 Å². The zero-order valence-electron chi connectivity index (χ0n) is 20.0. The largest absolute Gasteiger partial charge is 0.256 e. The molecule has 0 amide bonds. The molecule has 5 aliphatic rings. The smallest absolute Gasteiger partial charge is 0.0708 e. The van der Waals surface area contributed by atoms with E-state index in [9.17, 15) is 0 Å². The molecule has 2 fully saturated rings.